The Morgan fingerprint density at radius 3 is 2.53 bits per heavy atom. The highest BCUT2D eigenvalue weighted by Gasteiger charge is 2.13. The van der Waals surface area contributed by atoms with Gasteiger partial charge in [-0.3, -0.25) is 0 Å². The van der Waals surface area contributed by atoms with Gasteiger partial charge in [0.1, 0.15) is 5.75 Å². The van der Waals surface area contributed by atoms with E-state index in [1.807, 2.05) is 18.2 Å². The van der Waals surface area contributed by atoms with Crippen molar-refractivity contribution in [1.29, 1.82) is 0 Å². The Morgan fingerprint density at radius 2 is 1.95 bits per heavy atom. The second-order valence-electron chi connectivity index (χ2n) is 4.63. The molecule has 0 aliphatic heterocycles. The van der Waals surface area contributed by atoms with Gasteiger partial charge in [-0.2, -0.15) is 0 Å². The van der Waals surface area contributed by atoms with Crippen LogP contribution in [0.5, 0.6) is 5.75 Å². The summed E-state index contributed by atoms with van der Waals surface area (Å²) in [6.45, 7) is 4.26. The topological polar surface area (TPSA) is 48.4 Å². The number of aromatic nitrogens is 1. The highest BCUT2D eigenvalue weighted by Crippen LogP contribution is 2.28. The van der Waals surface area contributed by atoms with Gasteiger partial charge >= 0.3 is 5.97 Å². The van der Waals surface area contributed by atoms with Crippen LogP contribution in [0.3, 0.4) is 0 Å². The molecule has 0 N–H and O–H groups in total. The molecule has 0 saturated carbocycles. The van der Waals surface area contributed by atoms with Gasteiger partial charge in [0, 0.05) is 11.5 Å². The highest BCUT2D eigenvalue weighted by molar-refractivity contribution is 5.94. The summed E-state index contributed by atoms with van der Waals surface area (Å²) in [5, 5.41) is 0.904. The SMILES string of the molecule is COC(=O)c1cc(OC)c2cc(C(C)C)ccc2n1. The lowest BCUT2D eigenvalue weighted by atomic mass is 10.0. The second-order valence-corrected chi connectivity index (χ2v) is 4.63. The van der Waals surface area contributed by atoms with Crippen LogP contribution < -0.4 is 4.74 Å². The van der Waals surface area contributed by atoms with Crippen LogP contribution >= 0.6 is 0 Å². The first-order chi connectivity index (χ1) is 9.06. The molecule has 0 amide bonds. The Labute approximate surface area is 112 Å². The normalized spacial score (nSPS) is 10.8. The molecule has 0 aliphatic carbocycles. The molecule has 0 atom stereocenters. The van der Waals surface area contributed by atoms with Crippen molar-refractivity contribution in [3.63, 3.8) is 0 Å². The van der Waals surface area contributed by atoms with Crippen LogP contribution in [-0.4, -0.2) is 25.2 Å². The molecule has 1 aromatic heterocycles. The number of hydrogen-bond donors (Lipinski definition) is 0. The molecule has 1 heterocycles. The van der Waals surface area contributed by atoms with Crippen LogP contribution in [0.15, 0.2) is 24.3 Å². The molecule has 4 nitrogen and oxygen atoms in total. The molecule has 2 rings (SSSR count). The van der Waals surface area contributed by atoms with Crippen molar-refractivity contribution >= 4 is 16.9 Å². The van der Waals surface area contributed by atoms with Gasteiger partial charge in [-0.1, -0.05) is 19.9 Å². The number of hydrogen-bond acceptors (Lipinski definition) is 4. The molecule has 2 aromatic rings. The fourth-order valence-corrected chi connectivity index (χ4v) is 1.95. The molecule has 0 radical (unpaired) electrons. The number of benzene rings is 1. The van der Waals surface area contributed by atoms with Gasteiger partial charge < -0.3 is 9.47 Å². The molecule has 4 heteroatoms. The molecule has 0 fully saturated rings. The minimum absolute atomic E-state index is 0.254. The minimum Gasteiger partial charge on any atom is -0.496 e. The molecular formula is C15H17NO3. The van der Waals surface area contributed by atoms with Crippen LogP contribution in [0.1, 0.15) is 35.8 Å². The zero-order chi connectivity index (χ0) is 14.0. The number of carbonyl (C=O) groups is 1. The lowest BCUT2D eigenvalue weighted by molar-refractivity contribution is 0.0594. The van der Waals surface area contributed by atoms with E-state index in [1.54, 1.807) is 13.2 Å². The Morgan fingerprint density at radius 1 is 1.21 bits per heavy atom. The number of pyridine rings is 1. The zero-order valence-corrected chi connectivity index (χ0v) is 11.6. The maximum Gasteiger partial charge on any atom is 0.356 e. The third-order valence-corrected chi connectivity index (χ3v) is 3.08. The summed E-state index contributed by atoms with van der Waals surface area (Å²) in [5.41, 5.74) is 2.19. The van der Waals surface area contributed by atoms with Gasteiger partial charge in [-0.25, -0.2) is 9.78 Å². The standard InChI is InChI=1S/C15H17NO3/c1-9(2)10-5-6-12-11(7-10)14(18-3)8-13(16-12)15(17)19-4/h5-9H,1-4H3. The Bertz CT molecular complexity index is 620. The lowest BCUT2D eigenvalue weighted by Crippen LogP contribution is -2.05. The van der Waals surface area contributed by atoms with Crippen LogP contribution in [0.2, 0.25) is 0 Å². The summed E-state index contributed by atoms with van der Waals surface area (Å²) >= 11 is 0. The van der Waals surface area contributed by atoms with Crippen molar-refractivity contribution in [3.05, 3.63) is 35.5 Å². The maximum atomic E-state index is 11.6. The van der Waals surface area contributed by atoms with E-state index in [2.05, 4.69) is 23.6 Å². The number of fused-ring (bicyclic) bond motifs is 1. The number of esters is 1. The quantitative estimate of drug-likeness (QED) is 0.794. The summed E-state index contributed by atoms with van der Waals surface area (Å²) in [7, 11) is 2.92. The van der Waals surface area contributed by atoms with Crippen molar-refractivity contribution in [3.8, 4) is 5.75 Å². The van der Waals surface area contributed by atoms with Crippen molar-refractivity contribution in [2.24, 2.45) is 0 Å². The van der Waals surface area contributed by atoms with Crippen LogP contribution in [-0.2, 0) is 4.74 Å². The first kappa shape index (κ1) is 13.3. The van der Waals surface area contributed by atoms with Crippen molar-refractivity contribution < 1.29 is 14.3 Å². The minimum atomic E-state index is -0.465. The number of nitrogens with zero attached hydrogens (tertiary/aromatic N) is 1. The van der Waals surface area contributed by atoms with Crippen molar-refractivity contribution in [2.75, 3.05) is 14.2 Å². The molecule has 1 aromatic carbocycles. The maximum absolute atomic E-state index is 11.6. The first-order valence-corrected chi connectivity index (χ1v) is 6.13. The molecule has 0 bridgehead atoms. The Hall–Kier alpha value is -2.10. The van der Waals surface area contributed by atoms with E-state index >= 15 is 0 Å². The lowest BCUT2D eigenvalue weighted by Gasteiger charge is -2.11. The largest absolute Gasteiger partial charge is 0.496 e. The van der Waals surface area contributed by atoms with Crippen LogP contribution in [0, 0.1) is 0 Å². The summed E-state index contributed by atoms with van der Waals surface area (Å²) in [6.07, 6.45) is 0. The van der Waals surface area contributed by atoms with E-state index in [1.165, 1.54) is 12.7 Å². The number of methoxy groups -OCH3 is 2. The van der Waals surface area contributed by atoms with Gasteiger partial charge in [0.2, 0.25) is 0 Å². The molecule has 19 heavy (non-hydrogen) atoms. The predicted octanol–water partition coefficient (Wildman–Crippen LogP) is 3.15. The van der Waals surface area contributed by atoms with Gasteiger partial charge in [-0.15, -0.1) is 0 Å². The number of ether oxygens (including phenoxy) is 2. The van der Waals surface area contributed by atoms with E-state index in [-0.39, 0.29) is 5.69 Å². The Kier molecular flexibility index (Phi) is 3.69. The summed E-state index contributed by atoms with van der Waals surface area (Å²) in [5.74, 6) is 0.593. The highest BCUT2D eigenvalue weighted by atomic mass is 16.5. The molecule has 0 spiro atoms. The fourth-order valence-electron chi connectivity index (χ4n) is 1.95. The number of rotatable bonds is 3. The second kappa shape index (κ2) is 5.26. The summed E-state index contributed by atoms with van der Waals surface area (Å²) < 4.78 is 10.0. The van der Waals surface area contributed by atoms with Crippen LogP contribution in [0.4, 0.5) is 0 Å². The summed E-state index contributed by atoms with van der Waals surface area (Å²) in [6, 6.07) is 7.57. The van der Waals surface area contributed by atoms with Crippen molar-refractivity contribution in [2.45, 2.75) is 19.8 Å². The summed E-state index contributed by atoms with van der Waals surface area (Å²) in [4.78, 5) is 15.9. The molecule has 0 saturated heterocycles. The third-order valence-electron chi connectivity index (χ3n) is 3.08. The first-order valence-electron chi connectivity index (χ1n) is 6.13. The Balaban J connectivity index is 2.66. The monoisotopic (exact) mass is 259 g/mol. The average molecular weight is 259 g/mol. The predicted molar refractivity (Wildman–Crippen MR) is 73.7 cm³/mol. The van der Waals surface area contributed by atoms with E-state index < -0.39 is 5.97 Å². The van der Waals surface area contributed by atoms with Gasteiger partial charge in [-0.05, 0) is 23.6 Å². The van der Waals surface area contributed by atoms with Gasteiger partial charge in [0.05, 0.1) is 19.7 Å². The molecule has 0 unspecified atom stereocenters. The van der Waals surface area contributed by atoms with Gasteiger partial charge in [0.25, 0.3) is 0 Å². The average Bonchev–Trinajstić information content (AvgIpc) is 2.44. The smallest absolute Gasteiger partial charge is 0.356 e. The zero-order valence-electron chi connectivity index (χ0n) is 11.6. The third kappa shape index (κ3) is 2.52. The van der Waals surface area contributed by atoms with E-state index in [9.17, 15) is 4.79 Å². The molecule has 100 valence electrons. The van der Waals surface area contributed by atoms with E-state index in [0.717, 1.165) is 10.9 Å². The van der Waals surface area contributed by atoms with Gasteiger partial charge in [0.15, 0.2) is 5.69 Å². The van der Waals surface area contributed by atoms with E-state index in [0.29, 0.717) is 11.7 Å². The van der Waals surface area contributed by atoms with Crippen molar-refractivity contribution in [1.82, 2.24) is 4.98 Å². The van der Waals surface area contributed by atoms with Crippen LogP contribution in [0.25, 0.3) is 10.9 Å². The number of carbonyl (C=O) groups excluding carboxylic acids is 1. The molecular weight excluding hydrogens is 242 g/mol. The molecule has 0 aliphatic rings. The fraction of sp³-hybridized carbons (Fsp3) is 0.333. The van der Waals surface area contributed by atoms with E-state index in [4.69, 9.17) is 4.74 Å².